The third kappa shape index (κ3) is 3.71. The second kappa shape index (κ2) is 8.03. The summed E-state index contributed by atoms with van der Waals surface area (Å²) in [7, 11) is -3.54. The molecule has 10 heteroatoms. The minimum absolute atomic E-state index is 0.295. The number of para-hydroxylation sites is 1. The van der Waals surface area contributed by atoms with Gasteiger partial charge in [0.15, 0.2) is 5.65 Å². The van der Waals surface area contributed by atoms with E-state index < -0.39 is 10.0 Å². The Kier molecular flexibility index (Phi) is 5.20. The average Bonchev–Trinajstić information content (AvgIpc) is 3.24. The molecule has 0 unspecified atom stereocenters. The van der Waals surface area contributed by atoms with Gasteiger partial charge in [-0.25, -0.2) is 23.1 Å². The standard InChI is InChI=1S/C21H19BrN6O2S/c22-16-5-4-8-18(13-16)31(29,30)27-11-9-26(10-12-27)20-19-14-25-28(21(19)24-15-23-20)17-6-2-1-3-7-17/h1-8,13-15H,9-12H2. The number of nitrogens with zero attached hydrogens (tertiary/aromatic N) is 6. The van der Waals surface area contributed by atoms with Crippen molar-refractivity contribution in [2.24, 2.45) is 0 Å². The number of halogens is 1. The highest BCUT2D eigenvalue weighted by Crippen LogP contribution is 2.27. The van der Waals surface area contributed by atoms with Gasteiger partial charge in [0.2, 0.25) is 10.0 Å². The maximum atomic E-state index is 13.0. The van der Waals surface area contributed by atoms with E-state index in [0.717, 1.165) is 27.0 Å². The molecule has 2 aromatic heterocycles. The summed E-state index contributed by atoms with van der Waals surface area (Å²) >= 11 is 3.35. The molecular weight excluding hydrogens is 480 g/mol. The van der Waals surface area contributed by atoms with E-state index in [4.69, 9.17) is 0 Å². The summed E-state index contributed by atoms with van der Waals surface area (Å²) in [6.07, 6.45) is 3.30. The molecule has 8 nitrogen and oxygen atoms in total. The molecule has 0 amide bonds. The molecule has 0 bridgehead atoms. The van der Waals surface area contributed by atoms with Gasteiger partial charge in [0, 0.05) is 30.7 Å². The van der Waals surface area contributed by atoms with Gasteiger partial charge < -0.3 is 4.90 Å². The number of fused-ring (bicyclic) bond motifs is 1. The average molecular weight is 499 g/mol. The number of piperazine rings is 1. The third-order valence-electron chi connectivity index (χ3n) is 5.32. The highest BCUT2D eigenvalue weighted by atomic mass is 79.9. The van der Waals surface area contributed by atoms with Crippen molar-refractivity contribution in [2.75, 3.05) is 31.1 Å². The number of anilines is 1. The van der Waals surface area contributed by atoms with Gasteiger partial charge >= 0.3 is 0 Å². The molecule has 158 valence electrons. The molecule has 0 N–H and O–H groups in total. The fraction of sp³-hybridized carbons (Fsp3) is 0.190. The van der Waals surface area contributed by atoms with Crippen molar-refractivity contribution in [3.05, 3.63) is 71.6 Å². The number of rotatable bonds is 4. The van der Waals surface area contributed by atoms with Crippen LogP contribution in [-0.2, 0) is 10.0 Å². The first-order chi connectivity index (χ1) is 15.0. The van der Waals surface area contributed by atoms with Crippen LogP contribution in [-0.4, -0.2) is 58.7 Å². The summed E-state index contributed by atoms with van der Waals surface area (Å²) in [6.45, 7) is 1.84. The number of sulfonamides is 1. The van der Waals surface area contributed by atoms with E-state index in [9.17, 15) is 8.42 Å². The molecule has 0 aliphatic carbocycles. The van der Waals surface area contributed by atoms with Crippen molar-refractivity contribution in [1.29, 1.82) is 0 Å². The maximum absolute atomic E-state index is 13.0. The van der Waals surface area contributed by atoms with Gasteiger partial charge in [0.25, 0.3) is 0 Å². The quantitative estimate of drug-likeness (QED) is 0.429. The highest BCUT2D eigenvalue weighted by Gasteiger charge is 2.30. The minimum Gasteiger partial charge on any atom is -0.353 e. The molecule has 1 aliphatic heterocycles. The first-order valence-electron chi connectivity index (χ1n) is 9.79. The summed E-state index contributed by atoms with van der Waals surface area (Å²) in [5.74, 6) is 0.770. The van der Waals surface area contributed by atoms with Crippen LogP contribution in [0.1, 0.15) is 0 Å². The molecule has 1 aliphatic rings. The van der Waals surface area contributed by atoms with E-state index in [-0.39, 0.29) is 0 Å². The lowest BCUT2D eigenvalue weighted by molar-refractivity contribution is 0.384. The number of hydrogen-bond acceptors (Lipinski definition) is 6. The Bertz CT molecular complexity index is 1330. The lowest BCUT2D eigenvalue weighted by Crippen LogP contribution is -2.49. The van der Waals surface area contributed by atoms with E-state index >= 15 is 0 Å². The van der Waals surface area contributed by atoms with E-state index in [0.29, 0.717) is 31.1 Å². The first-order valence-corrected chi connectivity index (χ1v) is 12.0. The van der Waals surface area contributed by atoms with Crippen LogP contribution < -0.4 is 4.90 Å². The van der Waals surface area contributed by atoms with Gasteiger partial charge in [-0.1, -0.05) is 40.2 Å². The zero-order chi connectivity index (χ0) is 21.4. The third-order valence-corrected chi connectivity index (χ3v) is 7.71. The van der Waals surface area contributed by atoms with E-state index in [2.05, 4.69) is 35.9 Å². The molecule has 1 saturated heterocycles. The molecule has 0 spiro atoms. The molecule has 0 atom stereocenters. The van der Waals surface area contributed by atoms with E-state index in [1.54, 1.807) is 29.1 Å². The molecule has 2 aromatic carbocycles. The Morgan fingerprint density at radius 1 is 0.903 bits per heavy atom. The zero-order valence-electron chi connectivity index (χ0n) is 16.5. The Hall–Kier alpha value is -2.82. The Labute approximate surface area is 188 Å². The fourth-order valence-corrected chi connectivity index (χ4v) is 5.78. The minimum atomic E-state index is -3.54. The molecule has 3 heterocycles. The second-order valence-electron chi connectivity index (χ2n) is 7.17. The largest absolute Gasteiger partial charge is 0.353 e. The van der Waals surface area contributed by atoms with Gasteiger partial charge in [-0.2, -0.15) is 9.40 Å². The predicted molar refractivity (Wildman–Crippen MR) is 122 cm³/mol. The highest BCUT2D eigenvalue weighted by molar-refractivity contribution is 9.10. The predicted octanol–water partition coefficient (Wildman–Crippen LogP) is 3.09. The lowest BCUT2D eigenvalue weighted by Gasteiger charge is -2.34. The Morgan fingerprint density at radius 2 is 1.68 bits per heavy atom. The molecule has 0 saturated carbocycles. The van der Waals surface area contributed by atoms with E-state index in [1.165, 1.54) is 10.6 Å². The number of aromatic nitrogens is 4. The van der Waals surface area contributed by atoms with Crippen LogP contribution in [0.4, 0.5) is 5.82 Å². The van der Waals surface area contributed by atoms with Gasteiger partial charge in [0.1, 0.15) is 12.1 Å². The monoisotopic (exact) mass is 498 g/mol. The van der Waals surface area contributed by atoms with Gasteiger partial charge in [-0.15, -0.1) is 0 Å². The van der Waals surface area contributed by atoms with Crippen molar-refractivity contribution >= 4 is 42.8 Å². The molecule has 31 heavy (non-hydrogen) atoms. The lowest BCUT2D eigenvalue weighted by atomic mass is 10.3. The zero-order valence-corrected chi connectivity index (χ0v) is 18.9. The fourth-order valence-electron chi connectivity index (χ4n) is 3.76. The summed E-state index contributed by atoms with van der Waals surface area (Å²) < 4.78 is 30.1. The van der Waals surface area contributed by atoms with Crippen molar-refractivity contribution in [3.63, 3.8) is 0 Å². The summed E-state index contributed by atoms with van der Waals surface area (Å²) in [5.41, 5.74) is 1.65. The van der Waals surface area contributed by atoms with Crippen molar-refractivity contribution in [1.82, 2.24) is 24.1 Å². The Balaban J connectivity index is 1.39. The summed E-state index contributed by atoms with van der Waals surface area (Å²) in [6, 6.07) is 16.6. The van der Waals surface area contributed by atoms with Crippen LogP contribution in [0.15, 0.2) is 76.5 Å². The molecule has 1 fully saturated rings. The molecule has 5 rings (SSSR count). The summed E-state index contributed by atoms with van der Waals surface area (Å²) in [4.78, 5) is 11.3. The van der Waals surface area contributed by atoms with Crippen LogP contribution in [0.5, 0.6) is 0 Å². The molecule has 4 aromatic rings. The topological polar surface area (TPSA) is 84.2 Å². The molecule has 0 radical (unpaired) electrons. The van der Waals surface area contributed by atoms with Crippen molar-refractivity contribution in [2.45, 2.75) is 4.90 Å². The van der Waals surface area contributed by atoms with Crippen LogP contribution in [0.2, 0.25) is 0 Å². The number of hydrogen-bond donors (Lipinski definition) is 0. The van der Waals surface area contributed by atoms with Crippen LogP contribution >= 0.6 is 15.9 Å². The molecular formula is C21H19BrN6O2S. The van der Waals surface area contributed by atoms with Crippen molar-refractivity contribution < 1.29 is 8.42 Å². The van der Waals surface area contributed by atoms with Crippen LogP contribution in [0.25, 0.3) is 16.7 Å². The van der Waals surface area contributed by atoms with Gasteiger partial charge in [0.05, 0.1) is 22.2 Å². The summed E-state index contributed by atoms with van der Waals surface area (Å²) in [5, 5.41) is 5.34. The SMILES string of the molecule is O=S(=O)(c1cccc(Br)c1)N1CCN(c2ncnc3c2cnn3-c2ccccc2)CC1. The van der Waals surface area contributed by atoms with Crippen molar-refractivity contribution in [3.8, 4) is 5.69 Å². The normalized spacial score (nSPS) is 15.5. The van der Waals surface area contributed by atoms with Crippen LogP contribution in [0, 0.1) is 0 Å². The van der Waals surface area contributed by atoms with Crippen LogP contribution in [0.3, 0.4) is 0 Å². The smallest absolute Gasteiger partial charge is 0.243 e. The first kappa shape index (κ1) is 20.1. The Morgan fingerprint density at radius 3 is 2.42 bits per heavy atom. The maximum Gasteiger partial charge on any atom is 0.243 e. The second-order valence-corrected chi connectivity index (χ2v) is 10.0. The van der Waals surface area contributed by atoms with E-state index in [1.807, 2.05) is 36.4 Å². The number of benzene rings is 2. The van der Waals surface area contributed by atoms with Gasteiger partial charge in [-0.05, 0) is 30.3 Å². The van der Waals surface area contributed by atoms with Gasteiger partial charge in [-0.3, -0.25) is 0 Å².